The maximum absolute atomic E-state index is 13.3. The lowest BCUT2D eigenvalue weighted by molar-refractivity contribution is -0.384. The summed E-state index contributed by atoms with van der Waals surface area (Å²) in [6.07, 6.45) is 0. The number of amides is 2. The van der Waals surface area contributed by atoms with Crippen molar-refractivity contribution in [2.24, 2.45) is 0 Å². The van der Waals surface area contributed by atoms with Gasteiger partial charge in [-0.05, 0) is 37.6 Å². The number of nitrogens with zero attached hydrogens (tertiary/aromatic N) is 3. The largest absolute Gasteiger partial charge is 0.378 e. The van der Waals surface area contributed by atoms with Crippen molar-refractivity contribution >= 4 is 56.3 Å². The SMILES string of the molecule is Cc1cc(C)c2c(NC(=O)c3ccc(Cl)c([N+](=O)[O-])c3)c(C(=O)N3CCOCC3)sc2n1. The van der Waals surface area contributed by atoms with Crippen LogP contribution in [0.1, 0.15) is 31.3 Å². The zero-order valence-corrected chi connectivity index (χ0v) is 18.9. The quantitative estimate of drug-likeness (QED) is 0.447. The summed E-state index contributed by atoms with van der Waals surface area (Å²) >= 11 is 7.08. The molecule has 0 radical (unpaired) electrons. The molecule has 1 aromatic carbocycles. The summed E-state index contributed by atoms with van der Waals surface area (Å²) in [5.41, 5.74) is 1.71. The fourth-order valence-corrected chi connectivity index (χ4v) is 5.01. The van der Waals surface area contributed by atoms with E-state index in [9.17, 15) is 19.7 Å². The molecule has 3 aromatic rings. The van der Waals surface area contributed by atoms with Crippen LogP contribution in [-0.4, -0.2) is 52.9 Å². The highest BCUT2D eigenvalue weighted by Gasteiger charge is 2.28. The third kappa shape index (κ3) is 4.16. The third-order valence-corrected chi connectivity index (χ3v) is 6.51. The number of fused-ring (bicyclic) bond motifs is 1. The van der Waals surface area contributed by atoms with Crippen LogP contribution in [0.25, 0.3) is 10.2 Å². The van der Waals surface area contributed by atoms with Crippen molar-refractivity contribution in [1.82, 2.24) is 9.88 Å². The monoisotopic (exact) mass is 474 g/mol. The summed E-state index contributed by atoms with van der Waals surface area (Å²) < 4.78 is 5.33. The molecule has 1 fully saturated rings. The summed E-state index contributed by atoms with van der Waals surface area (Å²) in [5, 5.41) is 14.6. The predicted molar refractivity (Wildman–Crippen MR) is 122 cm³/mol. The molecule has 0 unspecified atom stereocenters. The van der Waals surface area contributed by atoms with Gasteiger partial charge in [0.15, 0.2) is 0 Å². The first-order chi connectivity index (χ1) is 15.3. The number of hydrogen-bond donors (Lipinski definition) is 1. The molecule has 1 N–H and O–H groups in total. The van der Waals surface area contributed by atoms with Crippen molar-refractivity contribution in [2.75, 3.05) is 31.6 Å². The minimum absolute atomic E-state index is 0.0583. The van der Waals surface area contributed by atoms with Crippen LogP contribution in [0.3, 0.4) is 0 Å². The molecule has 2 amide bonds. The molecule has 2 aromatic heterocycles. The number of carbonyl (C=O) groups is 2. The van der Waals surface area contributed by atoms with Crippen LogP contribution >= 0.6 is 22.9 Å². The smallest absolute Gasteiger partial charge is 0.288 e. The van der Waals surface area contributed by atoms with Gasteiger partial charge in [0.1, 0.15) is 14.7 Å². The van der Waals surface area contributed by atoms with E-state index >= 15 is 0 Å². The van der Waals surface area contributed by atoms with Gasteiger partial charge in [-0.25, -0.2) is 4.98 Å². The molecule has 1 aliphatic rings. The number of rotatable bonds is 4. The molecule has 32 heavy (non-hydrogen) atoms. The van der Waals surface area contributed by atoms with Gasteiger partial charge < -0.3 is 15.0 Å². The lowest BCUT2D eigenvalue weighted by Gasteiger charge is -2.26. The predicted octanol–water partition coefficient (Wildman–Crippen LogP) is 4.20. The van der Waals surface area contributed by atoms with E-state index in [1.807, 2.05) is 19.9 Å². The van der Waals surface area contributed by atoms with Gasteiger partial charge in [-0.2, -0.15) is 0 Å². The van der Waals surface area contributed by atoms with E-state index in [0.29, 0.717) is 47.1 Å². The molecular weight excluding hydrogens is 456 g/mol. The van der Waals surface area contributed by atoms with E-state index in [2.05, 4.69) is 10.3 Å². The zero-order chi connectivity index (χ0) is 23.0. The molecule has 9 nitrogen and oxygen atoms in total. The van der Waals surface area contributed by atoms with Gasteiger partial charge >= 0.3 is 0 Å². The molecular formula is C21H19ClN4O5S. The number of benzene rings is 1. The average molecular weight is 475 g/mol. The van der Waals surface area contributed by atoms with Crippen LogP contribution in [-0.2, 0) is 4.74 Å². The maximum atomic E-state index is 13.3. The Balaban J connectivity index is 1.78. The Morgan fingerprint density at radius 2 is 1.97 bits per heavy atom. The summed E-state index contributed by atoms with van der Waals surface area (Å²) in [6.45, 7) is 5.55. The fourth-order valence-electron chi connectivity index (χ4n) is 3.60. The molecule has 166 valence electrons. The number of aromatic nitrogens is 1. The average Bonchev–Trinajstić information content (AvgIpc) is 3.12. The molecule has 0 atom stereocenters. The van der Waals surface area contributed by atoms with E-state index in [0.717, 1.165) is 17.3 Å². The Hall–Kier alpha value is -3.08. The van der Waals surface area contributed by atoms with Crippen molar-refractivity contribution < 1.29 is 19.2 Å². The topological polar surface area (TPSA) is 115 Å². The second-order valence-electron chi connectivity index (χ2n) is 7.35. The number of halogens is 1. The molecule has 0 saturated carbocycles. The van der Waals surface area contributed by atoms with Gasteiger partial charge in [0.2, 0.25) is 0 Å². The lowest BCUT2D eigenvalue weighted by Crippen LogP contribution is -2.40. The van der Waals surface area contributed by atoms with Crippen molar-refractivity contribution in [2.45, 2.75) is 13.8 Å². The number of thiophene rings is 1. The number of nitro benzene ring substituents is 1. The summed E-state index contributed by atoms with van der Waals surface area (Å²) in [5.74, 6) is -0.800. The van der Waals surface area contributed by atoms with Crippen LogP contribution in [0.2, 0.25) is 5.02 Å². The summed E-state index contributed by atoms with van der Waals surface area (Å²) in [7, 11) is 0. The first-order valence-electron chi connectivity index (χ1n) is 9.79. The maximum Gasteiger partial charge on any atom is 0.288 e. The lowest BCUT2D eigenvalue weighted by atomic mass is 10.1. The third-order valence-electron chi connectivity index (χ3n) is 5.12. The Kier molecular flexibility index (Phi) is 6.09. The molecule has 0 aliphatic carbocycles. The Morgan fingerprint density at radius 3 is 2.66 bits per heavy atom. The van der Waals surface area contributed by atoms with Crippen LogP contribution in [0, 0.1) is 24.0 Å². The number of hydrogen-bond acceptors (Lipinski definition) is 7. The number of anilines is 1. The van der Waals surface area contributed by atoms with Gasteiger partial charge in [0.25, 0.3) is 17.5 Å². The summed E-state index contributed by atoms with van der Waals surface area (Å²) in [6, 6.07) is 5.69. The fraction of sp³-hybridized carbons (Fsp3) is 0.286. The van der Waals surface area contributed by atoms with Crippen LogP contribution in [0.5, 0.6) is 0 Å². The van der Waals surface area contributed by atoms with Crippen LogP contribution < -0.4 is 5.32 Å². The number of aryl methyl sites for hydroxylation is 2. The highest BCUT2D eigenvalue weighted by molar-refractivity contribution is 7.21. The normalized spacial score (nSPS) is 13.9. The molecule has 1 aliphatic heterocycles. The first kappa shape index (κ1) is 22.1. The van der Waals surface area contributed by atoms with Crippen molar-refractivity contribution in [1.29, 1.82) is 0 Å². The number of nitrogens with one attached hydrogen (secondary N) is 1. The van der Waals surface area contributed by atoms with E-state index in [1.54, 1.807) is 4.90 Å². The van der Waals surface area contributed by atoms with Gasteiger partial charge in [0.05, 0.1) is 23.8 Å². The molecule has 0 spiro atoms. The zero-order valence-electron chi connectivity index (χ0n) is 17.3. The Morgan fingerprint density at radius 1 is 1.25 bits per heavy atom. The number of ether oxygens (including phenoxy) is 1. The molecule has 11 heteroatoms. The van der Waals surface area contributed by atoms with Gasteiger partial charge in [-0.3, -0.25) is 19.7 Å². The molecule has 0 bridgehead atoms. The Bertz CT molecular complexity index is 1250. The number of pyridine rings is 1. The van der Waals surface area contributed by atoms with E-state index in [4.69, 9.17) is 16.3 Å². The van der Waals surface area contributed by atoms with E-state index in [-0.39, 0.29) is 22.2 Å². The number of carbonyl (C=O) groups excluding carboxylic acids is 2. The number of nitro groups is 1. The van der Waals surface area contributed by atoms with Crippen LogP contribution in [0.15, 0.2) is 24.3 Å². The van der Waals surface area contributed by atoms with E-state index < -0.39 is 10.8 Å². The number of morpholine rings is 1. The van der Waals surface area contributed by atoms with Crippen molar-refractivity contribution in [3.63, 3.8) is 0 Å². The minimum atomic E-state index is -0.649. The Labute approximate surface area is 192 Å². The van der Waals surface area contributed by atoms with Gasteiger partial charge in [-0.1, -0.05) is 11.6 Å². The highest BCUT2D eigenvalue weighted by Crippen LogP contribution is 2.38. The van der Waals surface area contributed by atoms with Gasteiger partial charge in [0, 0.05) is 35.8 Å². The molecule has 4 rings (SSSR count). The second-order valence-corrected chi connectivity index (χ2v) is 8.76. The standard InChI is InChI=1S/C21H19ClN4O5S/c1-11-9-12(2)23-20-16(11)17(18(32-20)21(28)25-5-7-31-8-6-25)24-19(27)13-3-4-14(22)15(10-13)26(29)30/h3-4,9-10H,5-8H2,1-2H3,(H,24,27). The van der Waals surface area contributed by atoms with Gasteiger partial charge in [-0.15, -0.1) is 11.3 Å². The van der Waals surface area contributed by atoms with E-state index in [1.165, 1.54) is 23.5 Å². The second kappa shape index (κ2) is 8.81. The first-order valence-corrected chi connectivity index (χ1v) is 11.0. The summed E-state index contributed by atoms with van der Waals surface area (Å²) in [4.78, 5) is 44.1. The van der Waals surface area contributed by atoms with Crippen molar-refractivity contribution in [3.8, 4) is 0 Å². The molecule has 1 saturated heterocycles. The van der Waals surface area contributed by atoms with Crippen LogP contribution in [0.4, 0.5) is 11.4 Å². The van der Waals surface area contributed by atoms with Crippen molar-refractivity contribution in [3.05, 3.63) is 61.1 Å². The minimum Gasteiger partial charge on any atom is -0.378 e. The molecule has 3 heterocycles. The highest BCUT2D eigenvalue weighted by atomic mass is 35.5.